The fourth-order valence-electron chi connectivity index (χ4n) is 4.90. The highest BCUT2D eigenvalue weighted by Crippen LogP contribution is 2.33. The van der Waals surface area contributed by atoms with Crippen molar-refractivity contribution in [3.8, 4) is 0 Å². The van der Waals surface area contributed by atoms with E-state index in [9.17, 15) is 4.79 Å². The van der Waals surface area contributed by atoms with Crippen LogP contribution in [0.15, 0.2) is 12.4 Å². The predicted molar refractivity (Wildman–Crippen MR) is 103 cm³/mol. The van der Waals surface area contributed by atoms with Crippen LogP contribution in [0.3, 0.4) is 0 Å². The topological polar surface area (TPSA) is 52.6 Å². The van der Waals surface area contributed by atoms with Gasteiger partial charge >= 0.3 is 0 Å². The lowest BCUT2D eigenvalue weighted by Crippen LogP contribution is -2.53. The van der Waals surface area contributed by atoms with Gasteiger partial charge in [-0.1, -0.05) is 6.92 Å². The van der Waals surface area contributed by atoms with Crippen LogP contribution in [0.25, 0.3) is 0 Å². The molecule has 3 fully saturated rings. The number of ketones is 1. The Morgan fingerprint density at radius 3 is 2.27 bits per heavy atom. The van der Waals surface area contributed by atoms with Crippen LogP contribution < -0.4 is 4.90 Å². The Kier molecular flexibility index (Phi) is 5.23. The third kappa shape index (κ3) is 3.62. The molecule has 4 rings (SSSR count). The van der Waals surface area contributed by atoms with Gasteiger partial charge in [-0.2, -0.15) is 0 Å². The van der Waals surface area contributed by atoms with Crippen LogP contribution in [0, 0.1) is 0 Å². The number of fused-ring (bicyclic) bond motifs is 2. The van der Waals surface area contributed by atoms with E-state index in [0.29, 0.717) is 36.8 Å². The van der Waals surface area contributed by atoms with Crippen molar-refractivity contribution in [3.63, 3.8) is 0 Å². The molecular weight excluding hydrogens is 326 g/mol. The lowest BCUT2D eigenvalue weighted by Gasteiger charge is -2.39. The number of piperazine rings is 1. The van der Waals surface area contributed by atoms with Crippen molar-refractivity contribution in [2.75, 3.05) is 44.7 Å². The number of hydrogen-bond acceptors (Lipinski definition) is 6. The van der Waals surface area contributed by atoms with Crippen molar-refractivity contribution in [3.05, 3.63) is 18.0 Å². The highest BCUT2D eigenvalue weighted by molar-refractivity contribution is 5.80. The van der Waals surface area contributed by atoms with E-state index in [1.807, 2.05) is 6.92 Å². The zero-order valence-corrected chi connectivity index (χ0v) is 16.1. The Morgan fingerprint density at radius 2 is 1.69 bits per heavy atom. The van der Waals surface area contributed by atoms with E-state index in [0.717, 1.165) is 45.0 Å². The summed E-state index contributed by atoms with van der Waals surface area (Å²) in [5.41, 5.74) is 1.26. The maximum atomic E-state index is 11.6. The van der Waals surface area contributed by atoms with E-state index in [1.165, 1.54) is 18.4 Å². The molecule has 0 aromatic carbocycles. The normalized spacial score (nSPS) is 27.8. The van der Waals surface area contributed by atoms with Gasteiger partial charge in [0, 0.05) is 44.0 Å². The molecule has 1 aromatic rings. The Bertz CT molecular complexity index is 612. The summed E-state index contributed by atoms with van der Waals surface area (Å²) >= 11 is 0. The number of rotatable bonds is 5. The molecule has 4 heterocycles. The number of likely N-dealkylation sites (N-methyl/N-ethyl adjacent to an activating group) is 1. The fraction of sp³-hybridized carbons (Fsp3) is 0.750. The van der Waals surface area contributed by atoms with Gasteiger partial charge in [0.1, 0.15) is 5.78 Å². The van der Waals surface area contributed by atoms with Crippen LogP contribution in [0.4, 0.5) is 5.95 Å². The van der Waals surface area contributed by atoms with Crippen LogP contribution >= 0.6 is 0 Å². The Balaban J connectivity index is 1.36. The zero-order chi connectivity index (χ0) is 18.1. The summed E-state index contributed by atoms with van der Waals surface area (Å²) in [6.07, 6.45) is 9.46. The molecule has 2 bridgehead atoms. The van der Waals surface area contributed by atoms with E-state index >= 15 is 0 Å². The number of anilines is 1. The first-order valence-electron chi connectivity index (χ1n) is 10.2. The van der Waals surface area contributed by atoms with Crippen LogP contribution in [0.2, 0.25) is 0 Å². The van der Waals surface area contributed by atoms with Gasteiger partial charge in [-0.25, -0.2) is 9.97 Å². The summed E-state index contributed by atoms with van der Waals surface area (Å²) in [5.74, 6) is 1.79. The standard InChI is InChI=1S/C20H31N5O/c1-3-19(26)14-24-8-6-15(7-9-24)16-10-21-20(22-11-16)25-17-4-5-18(25)13-23(2)12-17/h10-11,15,17-18H,3-9,12-14H2,1-2H3. The van der Waals surface area contributed by atoms with Crippen molar-refractivity contribution < 1.29 is 4.79 Å². The quantitative estimate of drug-likeness (QED) is 0.802. The molecule has 0 radical (unpaired) electrons. The third-order valence-electron chi connectivity index (χ3n) is 6.41. The van der Waals surface area contributed by atoms with Gasteiger partial charge in [0.25, 0.3) is 0 Å². The second-order valence-corrected chi connectivity index (χ2v) is 8.27. The summed E-state index contributed by atoms with van der Waals surface area (Å²) in [4.78, 5) is 28.3. The van der Waals surface area contributed by atoms with Gasteiger partial charge < -0.3 is 9.80 Å². The number of aromatic nitrogens is 2. The lowest BCUT2D eigenvalue weighted by atomic mass is 9.91. The molecule has 0 aliphatic carbocycles. The van der Waals surface area contributed by atoms with Gasteiger partial charge in [-0.3, -0.25) is 9.69 Å². The molecule has 2 unspecified atom stereocenters. The van der Waals surface area contributed by atoms with Crippen molar-refractivity contribution >= 4 is 11.7 Å². The van der Waals surface area contributed by atoms with E-state index < -0.39 is 0 Å². The minimum absolute atomic E-state index is 0.345. The van der Waals surface area contributed by atoms with Crippen LogP contribution in [-0.2, 0) is 4.79 Å². The third-order valence-corrected chi connectivity index (χ3v) is 6.41. The summed E-state index contributed by atoms with van der Waals surface area (Å²) in [7, 11) is 2.22. The first-order valence-corrected chi connectivity index (χ1v) is 10.2. The smallest absolute Gasteiger partial charge is 0.225 e. The van der Waals surface area contributed by atoms with Gasteiger partial charge in [-0.15, -0.1) is 0 Å². The summed E-state index contributed by atoms with van der Waals surface area (Å²) in [6, 6.07) is 1.15. The second kappa shape index (κ2) is 7.61. The monoisotopic (exact) mass is 357 g/mol. The second-order valence-electron chi connectivity index (χ2n) is 8.27. The molecule has 26 heavy (non-hydrogen) atoms. The van der Waals surface area contributed by atoms with Crippen molar-refractivity contribution in [2.24, 2.45) is 0 Å². The first kappa shape index (κ1) is 17.9. The predicted octanol–water partition coefficient (Wildman–Crippen LogP) is 1.92. The molecule has 2 atom stereocenters. The summed E-state index contributed by atoms with van der Waals surface area (Å²) in [5, 5.41) is 0. The Morgan fingerprint density at radius 1 is 1.08 bits per heavy atom. The molecule has 3 saturated heterocycles. The molecule has 142 valence electrons. The number of carbonyl (C=O) groups is 1. The zero-order valence-electron chi connectivity index (χ0n) is 16.1. The van der Waals surface area contributed by atoms with E-state index in [1.54, 1.807) is 0 Å². The molecular formula is C20H31N5O. The van der Waals surface area contributed by atoms with Gasteiger partial charge in [0.15, 0.2) is 0 Å². The number of likely N-dealkylation sites (tertiary alicyclic amines) is 2. The van der Waals surface area contributed by atoms with Crippen LogP contribution in [-0.4, -0.2) is 77.4 Å². The molecule has 6 nitrogen and oxygen atoms in total. The van der Waals surface area contributed by atoms with Gasteiger partial charge in [0.2, 0.25) is 5.95 Å². The average Bonchev–Trinajstić information content (AvgIpc) is 2.93. The van der Waals surface area contributed by atoms with Gasteiger partial charge in [-0.05, 0) is 57.3 Å². The lowest BCUT2D eigenvalue weighted by molar-refractivity contribution is -0.120. The maximum Gasteiger partial charge on any atom is 0.225 e. The van der Waals surface area contributed by atoms with Crippen LogP contribution in [0.5, 0.6) is 0 Å². The first-order chi connectivity index (χ1) is 12.6. The van der Waals surface area contributed by atoms with Crippen LogP contribution in [0.1, 0.15) is 50.5 Å². The molecule has 0 saturated carbocycles. The molecule has 0 N–H and O–H groups in total. The summed E-state index contributed by atoms with van der Waals surface area (Å²) < 4.78 is 0. The number of Topliss-reactive ketones (excluding diaryl/α,β-unsaturated/α-hetero) is 1. The number of hydrogen-bond donors (Lipinski definition) is 0. The number of carbonyl (C=O) groups excluding carboxylic acids is 1. The Hall–Kier alpha value is -1.53. The molecule has 6 heteroatoms. The van der Waals surface area contributed by atoms with E-state index in [-0.39, 0.29) is 0 Å². The largest absolute Gasteiger partial charge is 0.332 e. The van der Waals surface area contributed by atoms with Gasteiger partial charge in [0.05, 0.1) is 6.54 Å². The molecule has 0 amide bonds. The minimum atomic E-state index is 0.345. The molecule has 0 spiro atoms. The van der Waals surface area contributed by atoms with E-state index in [2.05, 4.69) is 34.1 Å². The fourth-order valence-corrected chi connectivity index (χ4v) is 4.90. The maximum absolute atomic E-state index is 11.6. The molecule has 3 aliphatic rings. The molecule has 1 aromatic heterocycles. The van der Waals surface area contributed by atoms with E-state index in [4.69, 9.17) is 9.97 Å². The highest BCUT2D eigenvalue weighted by Gasteiger charge is 2.40. The Labute approximate surface area is 156 Å². The average molecular weight is 358 g/mol. The number of nitrogens with zero attached hydrogens (tertiary/aromatic N) is 5. The van der Waals surface area contributed by atoms with Crippen molar-refractivity contribution in [1.29, 1.82) is 0 Å². The van der Waals surface area contributed by atoms with Crippen molar-refractivity contribution in [1.82, 2.24) is 19.8 Å². The molecule has 3 aliphatic heterocycles. The highest BCUT2D eigenvalue weighted by atomic mass is 16.1. The SMILES string of the molecule is CCC(=O)CN1CCC(c2cnc(N3C4CCC3CN(C)C4)nc2)CC1. The minimum Gasteiger partial charge on any atom is -0.332 e. The summed E-state index contributed by atoms with van der Waals surface area (Å²) in [6.45, 7) is 6.81. The van der Waals surface area contributed by atoms with Crippen molar-refractivity contribution in [2.45, 2.75) is 57.0 Å². The number of piperidine rings is 1.